The van der Waals surface area contributed by atoms with Gasteiger partial charge in [-0.3, -0.25) is 4.79 Å². The Morgan fingerprint density at radius 2 is 1.75 bits per heavy atom. The lowest BCUT2D eigenvalue weighted by atomic mass is 10.1. The van der Waals surface area contributed by atoms with E-state index in [9.17, 15) is 4.79 Å². The summed E-state index contributed by atoms with van der Waals surface area (Å²) in [7, 11) is 0. The molecule has 0 N–H and O–H groups in total. The molecule has 0 saturated carbocycles. The zero-order valence-corrected chi connectivity index (χ0v) is 15.6. The summed E-state index contributed by atoms with van der Waals surface area (Å²) in [6.07, 6.45) is 0. The van der Waals surface area contributed by atoms with Crippen LogP contribution in [-0.4, -0.2) is 10.5 Å². The molecule has 0 aliphatic carbocycles. The molecular formula is C20H22N2OS. The van der Waals surface area contributed by atoms with Crippen LogP contribution in [0.2, 0.25) is 0 Å². The fourth-order valence-corrected chi connectivity index (χ4v) is 4.25. The number of aryl methyl sites for hydroxylation is 5. The molecule has 0 radical (unpaired) electrons. The number of amides is 1. The van der Waals surface area contributed by atoms with Crippen LogP contribution >= 0.6 is 11.3 Å². The predicted molar refractivity (Wildman–Crippen MR) is 101 cm³/mol. The predicted octanol–water partition coefficient (Wildman–Crippen LogP) is 4.70. The SMILES string of the molecule is CCn1c(=NC(=O)c2ccc(C)cc2C)sc2c(C)cc(C)cc21. The molecule has 24 heavy (non-hydrogen) atoms. The van der Waals surface area contributed by atoms with E-state index in [-0.39, 0.29) is 5.91 Å². The van der Waals surface area contributed by atoms with E-state index in [0.29, 0.717) is 5.56 Å². The number of fused-ring (bicyclic) bond motifs is 1. The number of carbonyl (C=O) groups is 1. The van der Waals surface area contributed by atoms with Crippen molar-refractivity contribution in [3.05, 3.63) is 63.0 Å². The zero-order valence-electron chi connectivity index (χ0n) is 14.8. The number of nitrogens with zero attached hydrogens (tertiary/aromatic N) is 2. The monoisotopic (exact) mass is 338 g/mol. The number of thiazole rings is 1. The van der Waals surface area contributed by atoms with Crippen molar-refractivity contribution in [3.63, 3.8) is 0 Å². The van der Waals surface area contributed by atoms with E-state index >= 15 is 0 Å². The highest BCUT2D eigenvalue weighted by atomic mass is 32.1. The summed E-state index contributed by atoms with van der Waals surface area (Å²) in [6, 6.07) is 10.2. The highest BCUT2D eigenvalue weighted by Gasteiger charge is 2.12. The zero-order chi connectivity index (χ0) is 17.4. The molecule has 0 spiro atoms. The number of hydrogen-bond acceptors (Lipinski definition) is 2. The van der Waals surface area contributed by atoms with Gasteiger partial charge in [0, 0.05) is 12.1 Å². The Bertz CT molecular complexity index is 1010. The Hall–Kier alpha value is -2.20. The van der Waals surface area contributed by atoms with Crippen LogP contribution in [0.4, 0.5) is 0 Å². The summed E-state index contributed by atoms with van der Waals surface area (Å²) in [5, 5.41) is 0. The Kier molecular flexibility index (Phi) is 4.41. The maximum atomic E-state index is 12.7. The van der Waals surface area contributed by atoms with Crippen molar-refractivity contribution in [2.45, 2.75) is 41.2 Å². The first-order valence-corrected chi connectivity index (χ1v) is 8.99. The molecule has 0 fully saturated rings. The molecule has 0 atom stereocenters. The fraction of sp³-hybridized carbons (Fsp3) is 0.300. The average Bonchev–Trinajstić information content (AvgIpc) is 2.84. The molecular weight excluding hydrogens is 316 g/mol. The molecule has 1 amide bonds. The highest BCUT2D eigenvalue weighted by Crippen LogP contribution is 2.23. The van der Waals surface area contributed by atoms with Crippen LogP contribution in [0.15, 0.2) is 35.3 Å². The van der Waals surface area contributed by atoms with Gasteiger partial charge >= 0.3 is 0 Å². The van der Waals surface area contributed by atoms with Gasteiger partial charge in [-0.05, 0) is 63.4 Å². The van der Waals surface area contributed by atoms with Crippen molar-refractivity contribution >= 4 is 27.5 Å². The van der Waals surface area contributed by atoms with Gasteiger partial charge < -0.3 is 4.57 Å². The third-order valence-corrected chi connectivity index (χ3v) is 5.47. The Labute approximate surface area is 146 Å². The quantitative estimate of drug-likeness (QED) is 0.667. The Morgan fingerprint density at radius 3 is 2.42 bits per heavy atom. The van der Waals surface area contributed by atoms with Crippen molar-refractivity contribution < 1.29 is 4.79 Å². The number of rotatable bonds is 2. The first-order valence-electron chi connectivity index (χ1n) is 8.17. The summed E-state index contributed by atoms with van der Waals surface area (Å²) in [5.74, 6) is -0.171. The van der Waals surface area contributed by atoms with Crippen LogP contribution < -0.4 is 4.80 Å². The molecule has 3 nitrogen and oxygen atoms in total. The summed E-state index contributed by atoms with van der Waals surface area (Å²) in [6.45, 7) is 11.1. The lowest BCUT2D eigenvalue weighted by molar-refractivity contribution is 0.0997. The maximum absolute atomic E-state index is 12.7. The highest BCUT2D eigenvalue weighted by molar-refractivity contribution is 7.16. The number of aromatic nitrogens is 1. The van der Waals surface area contributed by atoms with Crippen LogP contribution in [0.3, 0.4) is 0 Å². The Morgan fingerprint density at radius 1 is 1.04 bits per heavy atom. The van der Waals surface area contributed by atoms with Gasteiger partial charge in [0.05, 0.1) is 10.2 Å². The lowest BCUT2D eigenvalue weighted by Crippen LogP contribution is -2.16. The first-order chi connectivity index (χ1) is 11.4. The van der Waals surface area contributed by atoms with Gasteiger partial charge in [-0.25, -0.2) is 0 Å². The van der Waals surface area contributed by atoms with E-state index in [0.717, 1.165) is 28.0 Å². The molecule has 3 rings (SSSR count). The Balaban J connectivity index is 2.19. The molecule has 0 unspecified atom stereocenters. The minimum absolute atomic E-state index is 0.171. The second-order valence-corrected chi connectivity index (χ2v) is 7.27. The molecule has 124 valence electrons. The number of benzene rings is 2. The molecule has 0 aliphatic rings. The maximum Gasteiger partial charge on any atom is 0.279 e. The molecule has 1 heterocycles. The summed E-state index contributed by atoms with van der Waals surface area (Å²) >= 11 is 1.59. The van der Waals surface area contributed by atoms with Gasteiger partial charge in [-0.2, -0.15) is 4.99 Å². The van der Waals surface area contributed by atoms with E-state index in [1.807, 2.05) is 32.0 Å². The minimum atomic E-state index is -0.171. The third kappa shape index (κ3) is 2.94. The lowest BCUT2D eigenvalue weighted by Gasteiger charge is -2.04. The van der Waals surface area contributed by atoms with E-state index in [4.69, 9.17) is 0 Å². The number of hydrogen-bond donors (Lipinski definition) is 0. The molecule has 0 aliphatic heterocycles. The molecule has 3 aromatic rings. The van der Waals surface area contributed by atoms with Gasteiger partial charge in [-0.1, -0.05) is 35.1 Å². The molecule has 4 heteroatoms. The second-order valence-electron chi connectivity index (χ2n) is 6.29. The molecule has 0 saturated heterocycles. The van der Waals surface area contributed by atoms with Crippen molar-refractivity contribution in [3.8, 4) is 0 Å². The average molecular weight is 338 g/mol. The third-order valence-electron chi connectivity index (χ3n) is 4.24. The number of carbonyl (C=O) groups excluding carboxylic acids is 1. The van der Waals surface area contributed by atoms with Crippen molar-refractivity contribution in [2.24, 2.45) is 4.99 Å². The molecule has 0 bridgehead atoms. The largest absolute Gasteiger partial charge is 0.317 e. The van der Waals surface area contributed by atoms with Gasteiger partial charge in [0.1, 0.15) is 0 Å². The van der Waals surface area contributed by atoms with Crippen LogP contribution in [0.5, 0.6) is 0 Å². The van der Waals surface area contributed by atoms with E-state index in [1.54, 1.807) is 11.3 Å². The fourth-order valence-electron chi connectivity index (χ4n) is 3.10. The summed E-state index contributed by atoms with van der Waals surface area (Å²) in [5.41, 5.74) is 6.42. The molecule has 2 aromatic carbocycles. The smallest absolute Gasteiger partial charge is 0.279 e. The minimum Gasteiger partial charge on any atom is -0.317 e. The topological polar surface area (TPSA) is 34.4 Å². The van der Waals surface area contributed by atoms with Crippen LogP contribution in [0, 0.1) is 27.7 Å². The van der Waals surface area contributed by atoms with E-state index in [1.165, 1.54) is 15.8 Å². The van der Waals surface area contributed by atoms with Gasteiger partial charge in [0.2, 0.25) is 0 Å². The first kappa shape index (κ1) is 16.7. The van der Waals surface area contributed by atoms with Gasteiger partial charge in [0.15, 0.2) is 4.80 Å². The van der Waals surface area contributed by atoms with Crippen LogP contribution in [-0.2, 0) is 6.54 Å². The van der Waals surface area contributed by atoms with Gasteiger partial charge in [0.25, 0.3) is 5.91 Å². The van der Waals surface area contributed by atoms with Crippen LogP contribution in [0.25, 0.3) is 10.2 Å². The van der Waals surface area contributed by atoms with Crippen molar-refractivity contribution in [1.29, 1.82) is 0 Å². The molecule has 1 aromatic heterocycles. The summed E-state index contributed by atoms with van der Waals surface area (Å²) < 4.78 is 3.33. The standard InChI is InChI=1S/C20H22N2OS/c1-6-22-17-11-13(3)10-15(5)18(17)24-20(22)21-19(23)16-8-7-12(2)9-14(16)4/h7-11H,6H2,1-5H3. The van der Waals surface area contributed by atoms with Gasteiger partial charge in [-0.15, -0.1) is 0 Å². The second kappa shape index (κ2) is 6.36. The van der Waals surface area contributed by atoms with Crippen LogP contribution in [0.1, 0.15) is 39.5 Å². The van der Waals surface area contributed by atoms with E-state index < -0.39 is 0 Å². The van der Waals surface area contributed by atoms with E-state index in [2.05, 4.69) is 42.5 Å². The normalized spacial score (nSPS) is 12.1. The van der Waals surface area contributed by atoms with Crippen molar-refractivity contribution in [1.82, 2.24) is 4.57 Å². The summed E-state index contributed by atoms with van der Waals surface area (Å²) in [4.78, 5) is 17.9. The van der Waals surface area contributed by atoms with Crippen molar-refractivity contribution in [2.75, 3.05) is 0 Å².